The van der Waals surface area contributed by atoms with Crippen molar-refractivity contribution in [1.29, 1.82) is 0 Å². The predicted molar refractivity (Wildman–Crippen MR) is 73.3 cm³/mol. The number of hydrogen-bond acceptors (Lipinski definition) is 1. The minimum Gasteiger partial charge on any atom is -0.306 e. The van der Waals surface area contributed by atoms with Crippen molar-refractivity contribution in [2.24, 2.45) is 0 Å². The van der Waals surface area contributed by atoms with Crippen LogP contribution >= 0.6 is 11.6 Å². The van der Waals surface area contributed by atoms with Crippen LogP contribution in [0, 0.1) is 11.6 Å². The van der Waals surface area contributed by atoms with Gasteiger partial charge in [-0.2, -0.15) is 0 Å². The summed E-state index contributed by atoms with van der Waals surface area (Å²) < 4.78 is 27.0. The molecule has 0 amide bonds. The van der Waals surface area contributed by atoms with Gasteiger partial charge in [-0.3, -0.25) is 0 Å². The first-order valence-electron chi connectivity index (χ1n) is 6.06. The Hall–Kier alpha value is -1.45. The standard InChI is InChI=1S/C15H14ClF2N/c1-2-19-15(10-6-8-11(17)9-7-10)14-12(16)4-3-5-13(14)18/h3-9,15,19H,2H2,1H3. The van der Waals surface area contributed by atoms with Crippen molar-refractivity contribution in [2.75, 3.05) is 6.54 Å². The molecule has 4 heteroatoms. The van der Waals surface area contributed by atoms with Gasteiger partial charge in [-0.05, 0) is 36.4 Å². The van der Waals surface area contributed by atoms with Crippen LogP contribution in [0.15, 0.2) is 42.5 Å². The van der Waals surface area contributed by atoms with Gasteiger partial charge >= 0.3 is 0 Å². The zero-order valence-electron chi connectivity index (χ0n) is 10.5. The van der Waals surface area contributed by atoms with E-state index in [0.717, 1.165) is 5.56 Å². The molecule has 1 nitrogen and oxygen atoms in total. The maximum Gasteiger partial charge on any atom is 0.129 e. The largest absolute Gasteiger partial charge is 0.306 e. The Morgan fingerprint density at radius 2 is 1.79 bits per heavy atom. The molecule has 1 unspecified atom stereocenters. The van der Waals surface area contributed by atoms with Gasteiger partial charge in [-0.25, -0.2) is 8.78 Å². The van der Waals surface area contributed by atoms with Crippen LogP contribution in [0.1, 0.15) is 24.1 Å². The van der Waals surface area contributed by atoms with Crippen molar-refractivity contribution in [1.82, 2.24) is 5.32 Å². The summed E-state index contributed by atoms with van der Waals surface area (Å²) in [6.07, 6.45) is 0. The van der Waals surface area contributed by atoms with E-state index in [1.165, 1.54) is 18.2 Å². The molecule has 0 aliphatic carbocycles. The summed E-state index contributed by atoms with van der Waals surface area (Å²) >= 11 is 6.09. The van der Waals surface area contributed by atoms with Crippen molar-refractivity contribution in [3.8, 4) is 0 Å². The van der Waals surface area contributed by atoms with Crippen LogP contribution in [0.5, 0.6) is 0 Å². The highest BCUT2D eigenvalue weighted by atomic mass is 35.5. The smallest absolute Gasteiger partial charge is 0.129 e. The molecule has 0 heterocycles. The molecule has 0 spiro atoms. The van der Waals surface area contributed by atoms with E-state index in [0.29, 0.717) is 17.1 Å². The molecule has 0 aliphatic rings. The molecule has 2 aromatic carbocycles. The lowest BCUT2D eigenvalue weighted by atomic mass is 9.98. The molecule has 0 saturated carbocycles. The number of hydrogen-bond donors (Lipinski definition) is 1. The summed E-state index contributed by atoms with van der Waals surface area (Å²) in [6.45, 7) is 2.57. The second-order valence-corrected chi connectivity index (χ2v) is 4.58. The average molecular weight is 282 g/mol. The Labute approximate surface area is 116 Å². The molecule has 0 radical (unpaired) electrons. The van der Waals surface area contributed by atoms with Crippen molar-refractivity contribution < 1.29 is 8.78 Å². The lowest BCUT2D eigenvalue weighted by Crippen LogP contribution is -2.23. The quantitative estimate of drug-likeness (QED) is 0.880. The van der Waals surface area contributed by atoms with Crippen LogP contribution in [-0.4, -0.2) is 6.54 Å². The van der Waals surface area contributed by atoms with E-state index in [1.54, 1.807) is 24.3 Å². The van der Waals surface area contributed by atoms with Crippen LogP contribution in [-0.2, 0) is 0 Å². The van der Waals surface area contributed by atoms with Gasteiger partial charge in [0.05, 0.1) is 6.04 Å². The third kappa shape index (κ3) is 3.11. The predicted octanol–water partition coefficient (Wildman–Crippen LogP) is 4.32. The van der Waals surface area contributed by atoms with Crippen molar-refractivity contribution >= 4 is 11.6 Å². The Morgan fingerprint density at radius 3 is 2.37 bits per heavy atom. The lowest BCUT2D eigenvalue weighted by Gasteiger charge is -2.20. The topological polar surface area (TPSA) is 12.0 Å². The molecule has 2 rings (SSSR count). The molecule has 0 aromatic heterocycles. The summed E-state index contributed by atoms with van der Waals surface area (Å²) in [5.74, 6) is -0.693. The zero-order chi connectivity index (χ0) is 13.8. The molecular formula is C15H14ClF2N. The fraction of sp³-hybridized carbons (Fsp3) is 0.200. The Bertz CT molecular complexity index is 534. The fourth-order valence-corrected chi connectivity index (χ4v) is 2.30. The highest BCUT2D eigenvalue weighted by Crippen LogP contribution is 2.30. The number of benzene rings is 2. The molecular weight excluding hydrogens is 268 g/mol. The Balaban J connectivity index is 2.48. The average Bonchev–Trinajstić information content (AvgIpc) is 2.38. The number of halogens is 3. The summed E-state index contributed by atoms with van der Waals surface area (Å²) in [5, 5.41) is 3.53. The van der Waals surface area contributed by atoms with E-state index in [4.69, 9.17) is 11.6 Å². The molecule has 0 aliphatic heterocycles. The molecule has 1 atom stereocenters. The maximum absolute atomic E-state index is 14.0. The van der Waals surface area contributed by atoms with Gasteiger partial charge in [0.2, 0.25) is 0 Å². The number of rotatable bonds is 4. The highest BCUT2D eigenvalue weighted by molar-refractivity contribution is 6.31. The molecule has 0 saturated heterocycles. The van der Waals surface area contributed by atoms with Gasteiger partial charge in [-0.1, -0.05) is 36.7 Å². The monoisotopic (exact) mass is 281 g/mol. The van der Waals surface area contributed by atoms with Crippen molar-refractivity contribution in [3.05, 3.63) is 70.2 Å². The number of nitrogens with one attached hydrogen (secondary N) is 1. The van der Waals surface area contributed by atoms with E-state index in [9.17, 15) is 8.78 Å². The van der Waals surface area contributed by atoms with Crippen LogP contribution in [0.4, 0.5) is 8.78 Å². The van der Waals surface area contributed by atoms with Gasteiger partial charge < -0.3 is 5.32 Å². The molecule has 0 fully saturated rings. The molecule has 2 aromatic rings. The molecule has 1 N–H and O–H groups in total. The molecule has 19 heavy (non-hydrogen) atoms. The summed E-state index contributed by atoms with van der Waals surface area (Å²) in [6, 6.07) is 10.2. The third-order valence-corrected chi connectivity index (χ3v) is 3.23. The highest BCUT2D eigenvalue weighted by Gasteiger charge is 2.19. The third-order valence-electron chi connectivity index (χ3n) is 2.90. The summed E-state index contributed by atoms with van der Waals surface area (Å²) in [7, 11) is 0. The van der Waals surface area contributed by atoms with Crippen LogP contribution in [0.3, 0.4) is 0 Å². The zero-order valence-corrected chi connectivity index (χ0v) is 11.2. The Kier molecular flexibility index (Phi) is 4.51. The van der Waals surface area contributed by atoms with Gasteiger partial charge in [0.1, 0.15) is 11.6 Å². The first-order chi connectivity index (χ1) is 9.13. The van der Waals surface area contributed by atoms with Gasteiger partial charge in [0.25, 0.3) is 0 Å². The normalized spacial score (nSPS) is 12.4. The van der Waals surface area contributed by atoms with Crippen LogP contribution < -0.4 is 5.32 Å². The van der Waals surface area contributed by atoms with Gasteiger partial charge in [0, 0.05) is 10.6 Å². The van der Waals surface area contributed by atoms with E-state index in [1.807, 2.05) is 6.92 Å². The van der Waals surface area contributed by atoms with Crippen molar-refractivity contribution in [3.63, 3.8) is 0 Å². The minimum atomic E-state index is -0.390. The van der Waals surface area contributed by atoms with Crippen LogP contribution in [0.2, 0.25) is 5.02 Å². The summed E-state index contributed by atoms with van der Waals surface area (Å²) in [5.41, 5.74) is 1.16. The maximum atomic E-state index is 14.0. The lowest BCUT2D eigenvalue weighted by molar-refractivity contribution is 0.558. The van der Waals surface area contributed by atoms with E-state index >= 15 is 0 Å². The van der Waals surface area contributed by atoms with E-state index < -0.39 is 0 Å². The van der Waals surface area contributed by atoms with Crippen LogP contribution in [0.25, 0.3) is 0 Å². The SMILES string of the molecule is CCNC(c1ccc(F)cc1)c1c(F)cccc1Cl. The van der Waals surface area contributed by atoms with Gasteiger partial charge in [0.15, 0.2) is 0 Å². The Morgan fingerprint density at radius 1 is 1.11 bits per heavy atom. The fourth-order valence-electron chi connectivity index (χ4n) is 2.03. The summed E-state index contributed by atoms with van der Waals surface area (Å²) in [4.78, 5) is 0. The second kappa shape index (κ2) is 6.13. The van der Waals surface area contributed by atoms with Gasteiger partial charge in [-0.15, -0.1) is 0 Å². The van der Waals surface area contributed by atoms with E-state index in [-0.39, 0.29) is 17.7 Å². The van der Waals surface area contributed by atoms with E-state index in [2.05, 4.69) is 5.32 Å². The molecule has 100 valence electrons. The minimum absolute atomic E-state index is 0.321. The van der Waals surface area contributed by atoms with Crippen molar-refractivity contribution in [2.45, 2.75) is 13.0 Å². The first-order valence-corrected chi connectivity index (χ1v) is 6.44. The molecule has 0 bridgehead atoms. The second-order valence-electron chi connectivity index (χ2n) is 4.18. The first kappa shape index (κ1) is 14.0.